The minimum Gasteiger partial charge on any atom is -0.396 e. The first-order chi connectivity index (χ1) is 9.01. The van der Waals surface area contributed by atoms with Crippen LogP contribution in [-0.2, 0) is 0 Å². The zero-order chi connectivity index (χ0) is 14.4. The lowest BCUT2D eigenvalue weighted by atomic mass is 10.2. The van der Waals surface area contributed by atoms with Gasteiger partial charge in [-0.25, -0.2) is 4.98 Å². The fraction of sp³-hybridized carbons (Fsp3) is 0.583. The van der Waals surface area contributed by atoms with Crippen LogP contribution in [0.15, 0.2) is 12.1 Å². The van der Waals surface area contributed by atoms with Crippen LogP contribution >= 0.6 is 0 Å². The molecule has 1 rings (SSSR count). The van der Waals surface area contributed by atoms with Gasteiger partial charge in [0.2, 0.25) is 5.82 Å². The molecule has 0 saturated carbocycles. The average Bonchev–Trinajstić information content (AvgIpc) is 2.38. The van der Waals surface area contributed by atoms with Crippen molar-refractivity contribution in [1.82, 2.24) is 4.98 Å². The van der Waals surface area contributed by atoms with Crippen LogP contribution < -0.4 is 10.2 Å². The van der Waals surface area contributed by atoms with Gasteiger partial charge in [-0.1, -0.05) is 0 Å². The van der Waals surface area contributed by atoms with Crippen molar-refractivity contribution < 1.29 is 10.0 Å². The van der Waals surface area contributed by atoms with Gasteiger partial charge < -0.3 is 15.3 Å². The number of rotatable bonds is 7. The molecular formula is C12H20N4O3. The lowest BCUT2D eigenvalue weighted by Gasteiger charge is -2.27. The quantitative estimate of drug-likeness (QED) is 0.577. The molecule has 1 aromatic heterocycles. The van der Waals surface area contributed by atoms with Crippen molar-refractivity contribution in [3.05, 3.63) is 22.2 Å². The highest BCUT2D eigenvalue weighted by atomic mass is 16.6. The van der Waals surface area contributed by atoms with E-state index < -0.39 is 4.92 Å². The number of aromatic nitrogens is 1. The summed E-state index contributed by atoms with van der Waals surface area (Å²) in [7, 11) is 1.71. The molecule has 19 heavy (non-hydrogen) atoms. The van der Waals surface area contributed by atoms with Crippen LogP contribution in [0.4, 0.5) is 17.3 Å². The van der Waals surface area contributed by atoms with Crippen molar-refractivity contribution in [2.75, 3.05) is 30.4 Å². The second kappa shape index (κ2) is 6.89. The topological polar surface area (TPSA) is 91.5 Å². The third-order valence-electron chi connectivity index (χ3n) is 2.76. The predicted molar refractivity (Wildman–Crippen MR) is 74.6 cm³/mol. The first-order valence-electron chi connectivity index (χ1n) is 6.22. The van der Waals surface area contributed by atoms with Crippen LogP contribution in [0.5, 0.6) is 0 Å². The van der Waals surface area contributed by atoms with Crippen molar-refractivity contribution in [3.63, 3.8) is 0 Å². The van der Waals surface area contributed by atoms with Gasteiger partial charge in [-0.15, -0.1) is 0 Å². The van der Waals surface area contributed by atoms with Crippen LogP contribution in [0.2, 0.25) is 0 Å². The van der Waals surface area contributed by atoms with E-state index >= 15 is 0 Å². The Labute approximate surface area is 112 Å². The number of anilines is 2. The number of pyridine rings is 1. The van der Waals surface area contributed by atoms with E-state index in [1.165, 1.54) is 6.07 Å². The van der Waals surface area contributed by atoms with E-state index in [1.807, 2.05) is 18.7 Å². The number of nitro groups is 1. The molecule has 0 spiro atoms. The maximum Gasteiger partial charge on any atom is 0.311 e. The van der Waals surface area contributed by atoms with Gasteiger partial charge in [0.15, 0.2) is 0 Å². The van der Waals surface area contributed by atoms with Gasteiger partial charge in [-0.2, -0.15) is 0 Å². The highest BCUT2D eigenvalue weighted by Crippen LogP contribution is 2.29. The molecule has 0 saturated heterocycles. The molecule has 7 heteroatoms. The molecule has 0 aliphatic carbocycles. The Hall–Kier alpha value is -1.89. The molecule has 0 fully saturated rings. The van der Waals surface area contributed by atoms with E-state index in [-0.39, 0.29) is 18.3 Å². The molecule has 1 aromatic rings. The van der Waals surface area contributed by atoms with Crippen molar-refractivity contribution >= 4 is 17.3 Å². The Bertz CT molecular complexity index is 437. The first-order valence-corrected chi connectivity index (χ1v) is 6.22. The molecule has 0 radical (unpaired) electrons. The summed E-state index contributed by atoms with van der Waals surface area (Å²) in [6.07, 6.45) is 0.542. The Balaban J connectivity index is 3.20. The van der Waals surface area contributed by atoms with Gasteiger partial charge in [-0.3, -0.25) is 10.1 Å². The SMILES string of the molecule is CNc1ccc([N+](=O)[O-])c(N(CCCO)C(C)C)n1. The second-order valence-corrected chi connectivity index (χ2v) is 4.41. The minimum atomic E-state index is -0.434. The Morgan fingerprint density at radius 3 is 2.68 bits per heavy atom. The fourth-order valence-electron chi connectivity index (χ4n) is 1.78. The van der Waals surface area contributed by atoms with Gasteiger partial charge in [0, 0.05) is 32.3 Å². The average molecular weight is 268 g/mol. The van der Waals surface area contributed by atoms with Gasteiger partial charge in [0.05, 0.1) is 4.92 Å². The summed E-state index contributed by atoms with van der Waals surface area (Å²) in [4.78, 5) is 16.8. The van der Waals surface area contributed by atoms with Crippen molar-refractivity contribution in [2.45, 2.75) is 26.3 Å². The van der Waals surface area contributed by atoms with Crippen LogP contribution in [0, 0.1) is 10.1 Å². The molecule has 0 aliphatic heterocycles. The lowest BCUT2D eigenvalue weighted by molar-refractivity contribution is -0.384. The first kappa shape index (κ1) is 15.2. The molecule has 0 atom stereocenters. The van der Waals surface area contributed by atoms with Gasteiger partial charge in [-0.05, 0) is 26.3 Å². The number of nitrogens with one attached hydrogen (secondary N) is 1. The predicted octanol–water partition coefficient (Wildman–Crippen LogP) is 1.63. The monoisotopic (exact) mass is 268 g/mol. The summed E-state index contributed by atoms with van der Waals surface area (Å²) in [6, 6.07) is 3.08. The van der Waals surface area contributed by atoms with Crippen LogP contribution in [-0.4, -0.2) is 41.3 Å². The molecule has 0 aliphatic rings. The largest absolute Gasteiger partial charge is 0.396 e. The molecule has 0 aromatic carbocycles. The summed E-state index contributed by atoms with van der Waals surface area (Å²) in [5.41, 5.74) is -0.0226. The normalized spacial score (nSPS) is 10.6. The zero-order valence-electron chi connectivity index (χ0n) is 11.5. The second-order valence-electron chi connectivity index (χ2n) is 4.41. The Morgan fingerprint density at radius 2 is 2.21 bits per heavy atom. The highest BCUT2D eigenvalue weighted by molar-refractivity contribution is 5.62. The van der Waals surface area contributed by atoms with E-state index in [1.54, 1.807) is 13.1 Å². The minimum absolute atomic E-state index is 0.0226. The molecule has 0 unspecified atom stereocenters. The maximum atomic E-state index is 11.1. The van der Waals surface area contributed by atoms with E-state index in [4.69, 9.17) is 5.11 Å². The van der Waals surface area contributed by atoms with Crippen molar-refractivity contribution in [3.8, 4) is 0 Å². The standard InChI is InChI=1S/C12H20N4O3/c1-9(2)15(7-4-8-17)12-10(16(18)19)5-6-11(13-3)14-12/h5-6,9,17H,4,7-8H2,1-3H3,(H,13,14). The van der Waals surface area contributed by atoms with E-state index in [2.05, 4.69) is 10.3 Å². The third kappa shape index (κ3) is 3.78. The van der Waals surface area contributed by atoms with Crippen molar-refractivity contribution in [1.29, 1.82) is 0 Å². The molecule has 0 bridgehead atoms. The smallest absolute Gasteiger partial charge is 0.311 e. The number of aliphatic hydroxyl groups excluding tert-OH is 1. The van der Waals surface area contributed by atoms with Crippen LogP contribution in [0.3, 0.4) is 0 Å². The summed E-state index contributed by atoms with van der Waals surface area (Å²) in [5, 5.41) is 22.9. The number of aliphatic hydroxyl groups is 1. The number of hydrogen-bond donors (Lipinski definition) is 2. The Morgan fingerprint density at radius 1 is 1.53 bits per heavy atom. The fourth-order valence-corrected chi connectivity index (χ4v) is 1.78. The lowest BCUT2D eigenvalue weighted by Crippen LogP contribution is -2.33. The molecule has 2 N–H and O–H groups in total. The summed E-state index contributed by atoms with van der Waals surface area (Å²) < 4.78 is 0. The molecule has 106 valence electrons. The molecule has 1 heterocycles. The summed E-state index contributed by atoms with van der Waals surface area (Å²) in [6.45, 7) is 4.45. The summed E-state index contributed by atoms with van der Waals surface area (Å²) in [5.74, 6) is 0.913. The highest BCUT2D eigenvalue weighted by Gasteiger charge is 2.23. The summed E-state index contributed by atoms with van der Waals surface area (Å²) >= 11 is 0. The van der Waals surface area contributed by atoms with Gasteiger partial charge >= 0.3 is 5.69 Å². The van der Waals surface area contributed by atoms with Gasteiger partial charge in [0.25, 0.3) is 0 Å². The Kier molecular flexibility index (Phi) is 5.50. The molecular weight excluding hydrogens is 248 g/mol. The van der Waals surface area contributed by atoms with Crippen LogP contribution in [0.1, 0.15) is 20.3 Å². The molecule has 7 nitrogen and oxygen atoms in total. The maximum absolute atomic E-state index is 11.1. The third-order valence-corrected chi connectivity index (χ3v) is 2.76. The van der Waals surface area contributed by atoms with Crippen molar-refractivity contribution in [2.24, 2.45) is 0 Å². The van der Waals surface area contributed by atoms with E-state index in [9.17, 15) is 10.1 Å². The number of hydrogen-bond acceptors (Lipinski definition) is 6. The molecule has 0 amide bonds. The van der Waals surface area contributed by atoms with E-state index in [0.29, 0.717) is 24.6 Å². The van der Waals surface area contributed by atoms with Crippen LogP contribution in [0.25, 0.3) is 0 Å². The zero-order valence-corrected chi connectivity index (χ0v) is 11.5. The van der Waals surface area contributed by atoms with E-state index in [0.717, 1.165) is 0 Å². The van der Waals surface area contributed by atoms with Gasteiger partial charge in [0.1, 0.15) is 5.82 Å². The number of nitrogens with zero attached hydrogens (tertiary/aromatic N) is 3.